The summed E-state index contributed by atoms with van der Waals surface area (Å²) in [5.74, 6) is 7.12. The maximum atomic E-state index is 11.3. The van der Waals surface area contributed by atoms with Gasteiger partial charge in [0, 0.05) is 109 Å². The number of nitrogens with zero attached hydrogens (tertiary/aromatic N) is 12. The Balaban J connectivity index is 0.000000241. The zero-order chi connectivity index (χ0) is 105. The molecule has 42 heteroatoms. The maximum absolute atomic E-state index is 11.3. The van der Waals surface area contributed by atoms with E-state index in [0.29, 0.717) is 148 Å². The summed E-state index contributed by atoms with van der Waals surface area (Å²) in [6, 6.07) is 71.7. The second-order valence-corrected chi connectivity index (χ2v) is 31.7. The van der Waals surface area contributed by atoms with Crippen LogP contribution in [0.3, 0.4) is 0 Å². The summed E-state index contributed by atoms with van der Waals surface area (Å²) in [6.45, 7) is 14.7. The molecule has 0 amide bonds. The largest absolute Gasteiger partial charge is 0.508 e. The van der Waals surface area contributed by atoms with E-state index in [1.54, 1.807) is 91.0 Å². The first-order valence-electron chi connectivity index (χ1n) is 44.3. The van der Waals surface area contributed by atoms with Crippen LogP contribution in [0.1, 0.15) is 68.3 Å². The molecule has 0 aliphatic rings. The Morgan fingerprint density at radius 3 is 0.774 bits per heavy atom. The Labute approximate surface area is 869 Å². The molecule has 4 heterocycles. The highest BCUT2D eigenvalue weighted by atomic mass is 79.9. The van der Waals surface area contributed by atoms with Crippen molar-refractivity contribution >= 4 is 126 Å². The minimum atomic E-state index is -0.521. The summed E-state index contributed by atoms with van der Waals surface area (Å²) in [5, 5.41) is 82.7. The van der Waals surface area contributed by atoms with Crippen molar-refractivity contribution in [2.75, 3.05) is 113 Å². The number of benzene rings is 10. The van der Waals surface area contributed by atoms with Crippen molar-refractivity contribution in [2.24, 2.45) is 0 Å². The molecule has 0 aliphatic heterocycles. The predicted octanol–water partition coefficient (Wildman–Crippen LogP) is 16.1. The van der Waals surface area contributed by atoms with Gasteiger partial charge >= 0.3 is 17.9 Å². The molecule has 13 N–H and O–H groups in total. The van der Waals surface area contributed by atoms with Gasteiger partial charge in [0.1, 0.15) is 152 Å². The molecule has 0 spiro atoms. The number of aromatic hydroxyl groups is 4. The molecule has 762 valence electrons. The molecule has 0 saturated heterocycles. The lowest BCUT2D eigenvalue weighted by Gasteiger charge is -2.12. The highest BCUT2D eigenvalue weighted by Gasteiger charge is 2.18. The van der Waals surface area contributed by atoms with E-state index in [2.05, 4.69) is 98.1 Å². The van der Waals surface area contributed by atoms with E-state index in [1.165, 1.54) is 6.07 Å². The molecule has 10 aromatic carbocycles. The number of esters is 3. The van der Waals surface area contributed by atoms with Gasteiger partial charge in [-0.2, -0.15) is 44.9 Å². The zero-order valence-electron chi connectivity index (χ0n) is 78.6. The lowest BCUT2D eigenvalue weighted by molar-refractivity contribution is -0.139. The fraction of sp³-hybridized carbons (Fsp3) is 0.192. The average molecular weight is 2140 g/mol. The van der Waals surface area contributed by atoms with Crippen LogP contribution in [0, 0.1) is 0 Å². The van der Waals surface area contributed by atoms with Crippen molar-refractivity contribution in [3.05, 3.63) is 377 Å². The molecule has 0 radical (unpaired) electrons. The Morgan fingerprint density at radius 2 is 0.534 bits per heavy atom. The normalized spacial score (nSPS) is 10.2. The van der Waals surface area contributed by atoms with E-state index in [-0.39, 0.29) is 125 Å². The molecule has 0 bridgehead atoms. The third-order valence-electron chi connectivity index (χ3n) is 18.1. The molecule has 0 fully saturated rings. The summed E-state index contributed by atoms with van der Waals surface area (Å²) >= 11 is 23.7. The number of halogens is 5. The fourth-order valence-electron chi connectivity index (χ4n) is 12.2. The quantitative estimate of drug-likeness (QED) is 0.00321. The second kappa shape index (κ2) is 65.2. The molecule has 0 saturated carbocycles. The molecule has 0 aliphatic carbocycles. The van der Waals surface area contributed by atoms with E-state index in [4.69, 9.17) is 140 Å². The predicted molar refractivity (Wildman–Crippen MR) is 556 cm³/mol. The summed E-state index contributed by atoms with van der Waals surface area (Å²) in [4.78, 5) is 95.5. The number of nitrogens with one attached hydrogen (secondary N) is 3. The van der Waals surface area contributed by atoms with E-state index in [0.717, 1.165) is 63.4 Å². The number of alkyl halides is 1. The smallest absolute Gasteiger partial charge is 0.330 e. The van der Waals surface area contributed by atoms with Gasteiger partial charge in [0.25, 0.3) is 0 Å². The number of hydrogen-bond acceptors (Lipinski definition) is 37. The van der Waals surface area contributed by atoms with Crippen molar-refractivity contribution < 1.29 is 103 Å². The van der Waals surface area contributed by atoms with Crippen LogP contribution in [0.2, 0.25) is 15.9 Å². The molecule has 0 unspecified atom stereocenters. The molecule has 146 heavy (non-hydrogen) atoms. The number of phenols is 4. The first kappa shape index (κ1) is 115. The Bertz CT molecular complexity index is 5910. The van der Waals surface area contributed by atoms with E-state index < -0.39 is 23.2 Å². The van der Waals surface area contributed by atoms with Gasteiger partial charge < -0.3 is 105 Å². The summed E-state index contributed by atoms with van der Waals surface area (Å²) in [5.41, 5.74) is 13.3. The topological polar surface area (TPSA) is 530 Å². The first-order valence-corrected chi connectivity index (χ1v) is 47.0. The number of aromatic nitrogens is 12. The average Bonchev–Trinajstić information content (AvgIpc) is 0.836. The van der Waals surface area contributed by atoms with Crippen LogP contribution < -0.4 is 50.1 Å². The van der Waals surface area contributed by atoms with Crippen LogP contribution in [0.4, 0.5) is 40.6 Å². The Morgan fingerprint density at radius 1 is 0.301 bits per heavy atom. The van der Waals surface area contributed by atoms with E-state index >= 15 is 0 Å². The standard InChI is InChI=1S/C38H38N4O9.C29H32N4O6.C23H20N4O3.C6H7NO.C3Cl3N3.C3H3ClO.C2H5BrO/c1-4-35(43)49-19-16-46-30-13-7-10-27(22-30)24-33-40-34(25-28-11-8-14-31(23-28)47-17-20-50-36(44)5-2)42-38(41-33)39-29-12-9-15-32(26-29)48-18-21-51-37(45)6-3;34-10-13-37-24-7-1-4-21(16-24)18-27-31-28(19-22-5-2-8-25(17-22)38-14-11-35)33-29(32-27)30-23-6-3-9-26(20-23)39-15-12-36;28-18-7-1-4-15(10-18)12-21-25-22(13-16-5-2-8-19(29)11-16)27-23(26-21)24-17-6-3-9-20(30)14-17;7-5-2-1-3-6(8)4-5;4-1-7-2(5)9-3(6)8-1;1-2-3(4)5;3-1-2-4/h4-15,22-23,26H,1-3,16-21,24-25H2,(H,39,40,41,42);1-9,16-17,20,34-36H,10-15,18-19H2,(H,30,31,32,33);1-11,14,28-30H,12-13H2,(H,24,25,26,27);1-4,8H,7H2;;2H,1H2;4H,1-2H2. The van der Waals surface area contributed by atoms with Crippen molar-refractivity contribution in [2.45, 2.75) is 38.5 Å². The van der Waals surface area contributed by atoms with Gasteiger partial charge in [-0.25, -0.2) is 29.3 Å². The number of ether oxygens (including phenoxy) is 9. The highest BCUT2D eigenvalue weighted by Crippen LogP contribution is 2.29. The lowest BCUT2D eigenvalue weighted by Crippen LogP contribution is -2.11. The monoisotopic (exact) mass is 2130 g/mol. The minimum Gasteiger partial charge on any atom is -0.508 e. The third kappa shape index (κ3) is 46.8. The number of phenolic OH excluding ortho intramolecular Hbond substituents is 4. The van der Waals surface area contributed by atoms with Gasteiger partial charge in [0.15, 0.2) is 0 Å². The number of hydrogen-bond donors (Lipinski definition) is 12. The van der Waals surface area contributed by atoms with Gasteiger partial charge in [-0.15, -0.1) is 0 Å². The number of nitrogen functional groups attached to an aromatic ring is 1. The molecule has 4 aromatic heterocycles. The Kier molecular flexibility index (Phi) is 51.5. The molecule has 14 rings (SSSR count). The molecule has 0 atom stereocenters. The van der Waals surface area contributed by atoms with Gasteiger partial charge in [0.2, 0.25) is 38.9 Å². The number of nitrogens with two attached hydrogens (primary N) is 1. The van der Waals surface area contributed by atoms with Crippen molar-refractivity contribution in [3.8, 4) is 57.5 Å². The zero-order valence-corrected chi connectivity index (χ0v) is 83.2. The highest BCUT2D eigenvalue weighted by molar-refractivity contribution is 9.09. The first-order chi connectivity index (χ1) is 70.7. The SMILES string of the molecule is C=CC(=O)Cl.C=CC(=O)OCCOc1cccc(Cc2nc(Cc3cccc(OCCOC(=O)C=C)c3)nc(Nc3cccc(OCCOC(=O)C=C)c3)n2)c1.Clc1nc(Cl)nc(Cl)n1.Nc1cccc(O)c1.OCCBr.OCCOc1cccc(Cc2nc(Cc3cccc(OCCO)c3)nc(Nc3cccc(OCCO)c3)n2)c1.Oc1cccc(Cc2nc(Cc3cccc(O)c3)nc(Nc3cccc(O)c3)n2)c1. The summed E-state index contributed by atoms with van der Waals surface area (Å²) in [7, 11) is 0. The van der Waals surface area contributed by atoms with Crippen molar-refractivity contribution in [3.63, 3.8) is 0 Å². The van der Waals surface area contributed by atoms with Crippen LogP contribution in [0.5, 0.6) is 57.5 Å². The van der Waals surface area contributed by atoms with Crippen LogP contribution in [-0.4, -0.2) is 215 Å². The number of aliphatic hydroxyl groups excluding tert-OH is 4. The van der Waals surface area contributed by atoms with E-state index in [1.807, 2.05) is 146 Å². The van der Waals surface area contributed by atoms with Gasteiger partial charge in [0.05, 0.1) is 26.4 Å². The van der Waals surface area contributed by atoms with Gasteiger partial charge in [-0.05, 0) is 207 Å². The lowest BCUT2D eigenvalue weighted by atomic mass is 10.1. The number of carbonyl (C=O) groups is 4. The summed E-state index contributed by atoms with van der Waals surface area (Å²) < 4.78 is 48.8. The minimum absolute atomic E-state index is 0.000000000000000444. The fourth-order valence-corrected chi connectivity index (χ4v) is 12.8. The van der Waals surface area contributed by atoms with E-state index in [9.17, 15) is 34.5 Å². The number of carbonyl (C=O) groups excluding carboxylic acids is 4. The van der Waals surface area contributed by atoms with Crippen LogP contribution in [0.15, 0.2) is 293 Å². The number of anilines is 7. The van der Waals surface area contributed by atoms with Crippen LogP contribution in [-0.2, 0) is 71.9 Å². The van der Waals surface area contributed by atoms with Gasteiger partial charge in [-0.3, -0.25) is 4.79 Å². The van der Waals surface area contributed by atoms with Crippen molar-refractivity contribution in [1.29, 1.82) is 0 Å². The molecular formula is C104H105BrCl4N16O21. The molecule has 37 nitrogen and oxygen atoms in total. The molecule has 14 aromatic rings. The third-order valence-corrected chi connectivity index (χ3v) is 19.1. The number of allylic oxidation sites excluding steroid dienone is 1. The Hall–Kier alpha value is -16.0. The van der Waals surface area contributed by atoms with Crippen molar-refractivity contribution in [1.82, 2.24) is 59.8 Å². The number of aliphatic hydroxyl groups is 4. The second-order valence-electron chi connectivity index (χ2n) is 29.5. The van der Waals surface area contributed by atoms with Gasteiger partial charge in [-0.1, -0.05) is 139 Å². The number of rotatable bonds is 44. The maximum Gasteiger partial charge on any atom is 0.330 e. The summed E-state index contributed by atoms with van der Waals surface area (Å²) in [6.07, 6.45) is 6.79. The van der Waals surface area contributed by atoms with Crippen LogP contribution in [0.25, 0.3) is 0 Å². The van der Waals surface area contributed by atoms with Crippen LogP contribution >= 0.6 is 62.3 Å². The molecular weight excluding hydrogens is 2030 g/mol.